The number of hydrogen-bond acceptors (Lipinski definition) is 8. The van der Waals surface area contributed by atoms with Gasteiger partial charge in [-0.05, 0) is 6.42 Å². The summed E-state index contributed by atoms with van der Waals surface area (Å²) in [5, 5.41) is 28.3. The number of carboxylic acids is 2. The maximum atomic E-state index is 11.2. The van der Waals surface area contributed by atoms with Crippen LogP contribution in [0, 0.1) is 0 Å². The third-order valence-electron chi connectivity index (χ3n) is 3.09. The van der Waals surface area contributed by atoms with Gasteiger partial charge in [0.05, 0.1) is 6.42 Å². The van der Waals surface area contributed by atoms with E-state index in [2.05, 4.69) is 25.6 Å². The van der Waals surface area contributed by atoms with Gasteiger partial charge in [-0.25, -0.2) is 9.48 Å². The highest BCUT2D eigenvalue weighted by Gasteiger charge is 2.24. The van der Waals surface area contributed by atoms with E-state index in [9.17, 15) is 9.59 Å². The fraction of sp³-hybridized carbons (Fsp3) is 0.500. The number of unbranched alkanes of at least 4 members (excludes halogenated alkanes) is 1. The standard InChI is InChI=1S/C12H17N7O4/c1-2-3-4-19-10-8(17-18-19)9(15-12(13)16-10)14-6(11(22)23)5-7(20)21/h6H,2-5H2,1H3,(H,20,21)(H,22,23)(H3,13,14,15,16). The van der Waals surface area contributed by atoms with Gasteiger partial charge in [-0.15, -0.1) is 5.10 Å². The number of aromatic nitrogens is 5. The fourth-order valence-electron chi connectivity index (χ4n) is 1.97. The molecule has 2 aromatic rings. The minimum Gasteiger partial charge on any atom is -0.481 e. The molecule has 0 spiro atoms. The molecule has 0 fully saturated rings. The maximum Gasteiger partial charge on any atom is 0.326 e. The van der Waals surface area contributed by atoms with E-state index in [1.165, 1.54) is 0 Å². The molecule has 11 nitrogen and oxygen atoms in total. The number of nitrogens with zero attached hydrogens (tertiary/aromatic N) is 5. The van der Waals surface area contributed by atoms with E-state index in [1.807, 2.05) is 6.92 Å². The summed E-state index contributed by atoms with van der Waals surface area (Å²) in [4.78, 5) is 29.9. The Bertz CT molecular complexity index is 730. The van der Waals surface area contributed by atoms with Crippen molar-refractivity contribution in [3.05, 3.63) is 0 Å². The molecular formula is C12H17N7O4. The predicted molar refractivity (Wildman–Crippen MR) is 79.7 cm³/mol. The lowest BCUT2D eigenvalue weighted by atomic mass is 10.2. The monoisotopic (exact) mass is 323 g/mol. The number of hydrogen-bond donors (Lipinski definition) is 4. The lowest BCUT2D eigenvalue weighted by Crippen LogP contribution is -2.32. The highest BCUT2D eigenvalue weighted by molar-refractivity contribution is 5.88. The molecule has 0 saturated heterocycles. The Balaban J connectivity index is 2.37. The van der Waals surface area contributed by atoms with Crippen molar-refractivity contribution in [2.45, 2.75) is 38.8 Å². The Morgan fingerprint density at radius 1 is 1.35 bits per heavy atom. The molecular weight excluding hydrogens is 306 g/mol. The molecule has 1 atom stereocenters. The number of nitrogen functional groups attached to an aromatic ring is 1. The number of aliphatic carboxylic acids is 2. The highest BCUT2D eigenvalue weighted by Crippen LogP contribution is 2.20. The fourth-order valence-corrected chi connectivity index (χ4v) is 1.97. The molecule has 0 aromatic carbocycles. The summed E-state index contributed by atoms with van der Waals surface area (Å²) in [6.45, 7) is 2.61. The number of nitrogens with one attached hydrogen (secondary N) is 1. The average molecular weight is 323 g/mol. The number of fused-ring (bicyclic) bond motifs is 1. The van der Waals surface area contributed by atoms with Crippen molar-refractivity contribution in [3.8, 4) is 0 Å². The van der Waals surface area contributed by atoms with Gasteiger partial charge in [0.2, 0.25) is 5.95 Å². The summed E-state index contributed by atoms with van der Waals surface area (Å²) in [6.07, 6.45) is 1.19. The zero-order valence-corrected chi connectivity index (χ0v) is 12.4. The van der Waals surface area contributed by atoms with Crippen molar-refractivity contribution in [1.29, 1.82) is 0 Å². The van der Waals surface area contributed by atoms with Crippen LogP contribution in [0.25, 0.3) is 11.2 Å². The Morgan fingerprint density at radius 2 is 2.09 bits per heavy atom. The summed E-state index contributed by atoms with van der Waals surface area (Å²) in [5.41, 5.74) is 6.25. The van der Waals surface area contributed by atoms with Crippen LogP contribution in [0.2, 0.25) is 0 Å². The second-order valence-electron chi connectivity index (χ2n) is 4.90. The first-order valence-corrected chi connectivity index (χ1v) is 7.00. The first-order chi connectivity index (χ1) is 10.9. The summed E-state index contributed by atoms with van der Waals surface area (Å²) in [7, 11) is 0. The van der Waals surface area contributed by atoms with Gasteiger partial charge in [-0.2, -0.15) is 9.97 Å². The van der Waals surface area contributed by atoms with E-state index in [0.717, 1.165) is 12.8 Å². The van der Waals surface area contributed by atoms with Crippen LogP contribution in [-0.4, -0.2) is 53.2 Å². The lowest BCUT2D eigenvalue weighted by molar-refractivity contribution is -0.144. The Labute approximate surface area is 130 Å². The van der Waals surface area contributed by atoms with Crippen molar-refractivity contribution in [3.63, 3.8) is 0 Å². The van der Waals surface area contributed by atoms with Gasteiger partial charge in [0, 0.05) is 6.54 Å². The number of nitrogens with two attached hydrogens (primary N) is 1. The van der Waals surface area contributed by atoms with Gasteiger partial charge < -0.3 is 21.3 Å². The van der Waals surface area contributed by atoms with Gasteiger partial charge in [0.25, 0.3) is 0 Å². The predicted octanol–water partition coefficient (Wildman–Crippen LogP) is -0.0566. The smallest absolute Gasteiger partial charge is 0.326 e. The van der Waals surface area contributed by atoms with Crippen LogP contribution >= 0.6 is 0 Å². The van der Waals surface area contributed by atoms with Crippen molar-refractivity contribution < 1.29 is 19.8 Å². The molecule has 5 N–H and O–H groups in total. The molecule has 0 aliphatic heterocycles. The molecule has 124 valence electrons. The number of anilines is 2. The molecule has 0 aliphatic carbocycles. The quantitative estimate of drug-likeness (QED) is 0.516. The second kappa shape index (κ2) is 6.85. The molecule has 0 radical (unpaired) electrons. The maximum absolute atomic E-state index is 11.2. The van der Waals surface area contributed by atoms with E-state index in [1.54, 1.807) is 4.68 Å². The molecule has 0 bridgehead atoms. The molecule has 23 heavy (non-hydrogen) atoms. The van der Waals surface area contributed by atoms with Crippen LogP contribution in [-0.2, 0) is 16.1 Å². The molecule has 2 heterocycles. The number of carbonyl (C=O) groups is 2. The normalized spacial score (nSPS) is 12.2. The molecule has 11 heteroatoms. The van der Waals surface area contributed by atoms with Crippen molar-refractivity contribution in [1.82, 2.24) is 25.0 Å². The molecule has 0 amide bonds. The summed E-state index contributed by atoms with van der Waals surface area (Å²) >= 11 is 0. The first-order valence-electron chi connectivity index (χ1n) is 7.00. The Morgan fingerprint density at radius 3 is 2.70 bits per heavy atom. The van der Waals surface area contributed by atoms with Gasteiger partial charge >= 0.3 is 11.9 Å². The van der Waals surface area contributed by atoms with Gasteiger partial charge in [0.15, 0.2) is 17.0 Å². The van der Waals surface area contributed by atoms with Gasteiger partial charge in [-0.3, -0.25) is 4.79 Å². The van der Waals surface area contributed by atoms with Crippen molar-refractivity contribution >= 4 is 34.9 Å². The minimum atomic E-state index is -1.37. The Hall–Kier alpha value is -2.98. The van der Waals surface area contributed by atoms with Crippen LogP contribution < -0.4 is 11.1 Å². The van der Waals surface area contributed by atoms with Crippen LogP contribution in [0.3, 0.4) is 0 Å². The number of rotatable bonds is 8. The lowest BCUT2D eigenvalue weighted by Gasteiger charge is -2.13. The first kappa shape index (κ1) is 16.4. The molecule has 1 unspecified atom stereocenters. The topological polar surface area (TPSA) is 169 Å². The van der Waals surface area contributed by atoms with Gasteiger partial charge in [0.1, 0.15) is 6.04 Å². The third kappa shape index (κ3) is 3.81. The molecule has 0 aliphatic rings. The summed E-state index contributed by atoms with van der Waals surface area (Å²) in [5.74, 6) is -2.62. The summed E-state index contributed by atoms with van der Waals surface area (Å²) in [6, 6.07) is -1.37. The average Bonchev–Trinajstić information content (AvgIpc) is 2.86. The van der Waals surface area contributed by atoms with Crippen LogP contribution in [0.1, 0.15) is 26.2 Å². The third-order valence-corrected chi connectivity index (χ3v) is 3.09. The number of carboxylic acid groups (broad SMARTS) is 2. The van der Waals surface area contributed by atoms with E-state index < -0.39 is 24.4 Å². The van der Waals surface area contributed by atoms with Crippen molar-refractivity contribution in [2.75, 3.05) is 11.1 Å². The van der Waals surface area contributed by atoms with Crippen LogP contribution in [0.5, 0.6) is 0 Å². The minimum absolute atomic E-state index is 0.0453. The summed E-state index contributed by atoms with van der Waals surface area (Å²) < 4.78 is 1.55. The molecule has 2 rings (SSSR count). The van der Waals surface area contributed by atoms with Crippen LogP contribution in [0.4, 0.5) is 11.8 Å². The highest BCUT2D eigenvalue weighted by atomic mass is 16.4. The van der Waals surface area contributed by atoms with Crippen molar-refractivity contribution in [2.24, 2.45) is 0 Å². The van der Waals surface area contributed by atoms with E-state index >= 15 is 0 Å². The Kier molecular flexibility index (Phi) is 4.88. The van der Waals surface area contributed by atoms with Gasteiger partial charge in [-0.1, -0.05) is 18.6 Å². The molecule has 2 aromatic heterocycles. The SMILES string of the molecule is CCCCn1nnc2c(NC(CC(=O)O)C(=O)O)nc(N)nc21. The largest absolute Gasteiger partial charge is 0.481 e. The number of aryl methyl sites for hydroxylation is 1. The zero-order valence-electron chi connectivity index (χ0n) is 12.4. The van der Waals surface area contributed by atoms with E-state index in [4.69, 9.17) is 15.9 Å². The molecule has 0 saturated carbocycles. The van der Waals surface area contributed by atoms with E-state index in [0.29, 0.717) is 12.2 Å². The van der Waals surface area contributed by atoms with E-state index in [-0.39, 0.29) is 17.3 Å². The van der Waals surface area contributed by atoms with Crippen LogP contribution in [0.15, 0.2) is 0 Å². The second-order valence-corrected chi connectivity index (χ2v) is 4.90. The zero-order chi connectivity index (χ0) is 17.0.